The van der Waals surface area contributed by atoms with E-state index in [1.807, 2.05) is 0 Å². The number of hydrogen-bond donors (Lipinski definition) is 2. The Morgan fingerprint density at radius 2 is 1.80 bits per heavy atom. The zero-order valence-corrected chi connectivity index (χ0v) is 11.9. The molecule has 7 nitrogen and oxygen atoms in total. The third kappa shape index (κ3) is 8.84. The second-order valence-electron chi connectivity index (χ2n) is 3.77. The lowest BCUT2D eigenvalue weighted by Gasteiger charge is -2.05. The van der Waals surface area contributed by atoms with Crippen LogP contribution in [0.4, 0.5) is 0 Å². The van der Waals surface area contributed by atoms with Crippen molar-refractivity contribution in [1.82, 2.24) is 10.2 Å². The number of rotatable bonds is 6. The number of hydrogen-bond acceptors (Lipinski definition) is 4. The number of amides is 2. The third-order valence-electron chi connectivity index (χ3n) is 1.83. The van der Waals surface area contributed by atoms with Gasteiger partial charge in [-0.3, -0.25) is 14.1 Å². The van der Waals surface area contributed by atoms with E-state index in [9.17, 15) is 18.0 Å². The number of nitrogens with one attached hydrogen (secondary N) is 1. The molecule has 20 heavy (non-hydrogen) atoms. The molecule has 0 unspecified atom stereocenters. The van der Waals surface area contributed by atoms with Gasteiger partial charge in [0, 0.05) is 31.9 Å². The van der Waals surface area contributed by atoms with E-state index in [4.69, 9.17) is 4.55 Å². The van der Waals surface area contributed by atoms with Crippen molar-refractivity contribution in [3.63, 3.8) is 0 Å². The molecule has 8 heteroatoms. The zero-order valence-electron chi connectivity index (χ0n) is 11.1. The highest BCUT2D eigenvalue weighted by Gasteiger charge is 2.02. The van der Waals surface area contributed by atoms with Crippen molar-refractivity contribution in [2.75, 3.05) is 14.1 Å². The fourth-order valence-electron chi connectivity index (χ4n) is 0.813. The van der Waals surface area contributed by atoms with E-state index in [2.05, 4.69) is 11.9 Å². The topological polar surface area (TPSA) is 104 Å². The van der Waals surface area contributed by atoms with Crippen LogP contribution in [0, 0.1) is 0 Å². The third-order valence-corrected chi connectivity index (χ3v) is 2.33. The molecule has 0 saturated carbocycles. The zero-order chi connectivity index (χ0) is 15.8. The van der Waals surface area contributed by atoms with Gasteiger partial charge >= 0.3 is 0 Å². The van der Waals surface area contributed by atoms with E-state index < -0.39 is 16.0 Å². The highest BCUT2D eigenvalue weighted by atomic mass is 32.2. The monoisotopic (exact) mass is 300 g/mol. The molecule has 0 aliphatic rings. The smallest absolute Gasteiger partial charge is 0.287 e. The Hall–Kier alpha value is -2.19. The van der Waals surface area contributed by atoms with Crippen molar-refractivity contribution in [3.8, 4) is 0 Å². The normalized spacial score (nSPS) is 12.2. The summed E-state index contributed by atoms with van der Waals surface area (Å²) >= 11 is 0. The molecule has 2 amide bonds. The van der Waals surface area contributed by atoms with Crippen LogP contribution in [0.25, 0.3) is 0 Å². The minimum atomic E-state index is -4.18. The summed E-state index contributed by atoms with van der Waals surface area (Å²) < 4.78 is 29.0. The number of carbonyl (C=O) groups is 2. The van der Waals surface area contributed by atoms with Gasteiger partial charge in [0.1, 0.15) is 0 Å². The Labute approximate surface area is 117 Å². The molecule has 0 spiro atoms. The first-order valence-corrected chi connectivity index (χ1v) is 6.83. The van der Waals surface area contributed by atoms with Crippen molar-refractivity contribution in [1.29, 1.82) is 0 Å². The predicted molar refractivity (Wildman–Crippen MR) is 74.9 cm³/mol. The average Bonchev–Trinajstić information content (AvgIpc) is 2.33. The van der Waals surface area contributed by atoms with Crippen LogP contribution < -0.4 is 5.32 Å². The molecule has 0 aromatic heterocycles. The summed E-state index contributed by atoms with van der Waals surface area (Å²) in [5.74, 6) is -0.838. The molecule has 0 aromatic carbocycles. The molecular weight excluding hydrogens is 284 g/mol. The predicted octanol–water partition coefficient (Wildman–Crippen LogP) is 0.218. The molecule has 0 saturated heterocycles. The van der Waals surface area contributed by atoms with Crippen molar-refractivity contribution in [2.45, 2.75) is 0 Å². The molecule has 0 fully saturated rings. The highest BCUT2D eigenvalue weighted by Crippen LogP contribution is 1.94. The van der Waals surface area contributed by atoms with Gasteiger partial charge in [0.15, 0.2) is 0 Å². The molecule has 110 valence electrons. The minimum Gasteiger partial charge on any atom is -0.345 e. The standard InChI is InChI=1S/C12H16N2O5S/c1-10(6-7-11(15)14(2)3)12(16)13-8-4-5-9-20(17,18)19/h4-9H,1H2,2-3H3,(H,13,16)(H,17,18,19). The van der Waals surface area contributed by atoms with Gasteiger partial charge in [-0.2, -0.15) is 8.42 Å². The molecule has 0 heterocycles. The summed E-state index contributed by atoms with van der Waals surface area (Å²) in [4.78, 5) is 24.0. The summed E-state index contributed by atoms with van der Waals surface area (Å²) in [6.07, 6.45) is 5.86. The van der Waals surface area contributed by atoms with E-state index in [-0.39, 0.29) is 11.5 Å². The van der Waals surface area contributed by atoms with Crippen molar-refractivity contribution in [3.05, 3.63) is 48.1 Å². The van der Waals surface area contributed by atoms with Crippen molar-refractivity contribution >= 4 is 21.9 Å². The summed E-state index contributed by atoms with van der Waals surface area (Å²) in [6, 6.07) is 0. The van der Waals surface area contributed by atoms with Gasteiger partial charge in [-0.05, 0) is 18.2 Å². The lowest BCUT2D eigenvalue weighted by atomic mass is 10.2. The molecule has 0 atom stereocenters. The first kappa shape index (κ1) is 17.8. The summed E-state index contributed by atoms with van der Waals surface area (Å²) in [7, 11) is -1.04. The van der Waals surface area contributed by atoms with Crippen LogP contribution in [0.5, 0.6) is 0 Å². The lowest BCUT2D eigenvalue weighted by molar-refractivity contribution is -0.123. The van der Waals surface area contributed by atoms with Gasteiger partial charge in [-0.1, -0.05) is 6.58 Å². The van der Waals surface area contributed by atoms with Gasteiger partial charge in [-0.15, -0.1) is 0 Å². The van der Waals surface area contributed by atoms with Gasteiger partial charge < -0.3 is 10.2 Å². The molecule has 0 aromatic rings. The largest absolute Gasteiger partial charge is 0.345 e. The molecular formula is C12H16N2O5S. The second-order valence-corrected chi connectivity index (χ2v) is 5.07. The van der Waals surface area contributed by atoms with E-state index in [0.29, 0.717) is 5.41 Å². The molecule has 0 bridgehead atoms. The maximum Gasteiger partial charge on any atom is 0.287 e. The van der Waals surface area contributed by atoms with Crippen LogP contribution in [0.2, 0.25) is 0 Å². The van der Waals surface area contributed by atoms with Gasteiger partial charge in [0.25, 0.3) is 16.0 Å². The van der Waals surface area contributed by atoms with Gasteiger partial charge in [0.05, 0.1) is 5.41 Å². The molecule has 0 rings (SSSR count). The molecule has 0 aliphatic heterocycles. The van der Waals surface area contributed by atoms with E-state index in [0.717, 1.165) is 12.3 Å². The minimum absolute atomic E-state index is 0.0589. The Morgan fingerprint density at radius 3 is 2.30 bits per heavy atom. The first-order chi connectivity index (χ1) is 9.13. The maximum atomic E-state index is 11.5. The fourth-order valence-corrected chi connectivity index (χ4v) is 1.10. The second kappa shape index (κ2) is 8.08. The highest BCUT2D eigenvalue weighted by molar-refractivity contribution is 7.88. The summed E-state index contributed by atoms with van der Waals surface area (Å²) in [5.41, 5.74) is 0.0589. The Bertz CT molecular complexity index is 571. The lowest BCUT2D eigenvalue weighted by Crippen LogP contribution is -2.20. The van der Waals surface area contributed by atoms with Crippen LogP contribution >= 0.6 is 0 Å². The summed E-state index contributed by atoms with van der Waals surface area (Å²) in [5, 5.41) is 2.85. The van der Waals surface area contributed by atoms with Gasteiger partial charge in [0.2, 0.25) is 5.91 Å². The number of carbonyl (C=O) groups excluding carboxylic acids is 2. The maximum absolute atomic E-state index is 11.5. The van der Waals surface area contributed by atoms with Crippen LogP contribution in [0.15, 0.2) is 48.1 Å². The summed E-state index contributed by atoms with van der Waals surface area (Å²) in [6.45, 7) is 3.47. The Kier molecular flexibility index (Phi) is 7.19. The molecule has 2 N–H and O–H groups in total. The van der Waals surface area contributed by atoms with Crippen LogP contribution in [-0.2, 0) is 19.7 Å². The SMILES string of the molecule is C=C(C=CC(=O)N(C)C)C(=O)NC=CC=CS(=O)(=O)O. The fraction of sp³-hybridized carbons (Fsp3) is 0.167. The van der Waals surface area contributed by atoms with E-state index in [1.54, 1.807) is 14.1 Å². The van der Waals surface area contributed by atoms with Crippen molar-refractivity contribution < 1.29 is 22.6 Å². The Morgan fingerprint density at radius 1 is 1.20 bits per heavy atom. The van der Waals surface area contributed by atoms with Gasteiger partial charge in [-0.25, -0.2) is 0 Å². The molecule has 0 radical (unpaired) electrons. The number of allylic oxidation sites excluding steroid dienone is 2. The molecule has 0 aliphatic carbocycles. The van der Waals surface area contributed by atoms with Crippen LogP contribution in [0.1, 0.15) is 0 Å². The van der Waals surface area contributed by atoms with Crippen LogP contribution in [-0.4, -0.2) is 43.8 Å². The first-order valence-electron chi connectivity index (χ1n) is 5.33. The van der Waals surface area contributed by atoms with E-state index >= 15 is 0 Å². The average molecular weight is 300 g/mol. The Balaban J connectivity index is 4.36. The quantitative estimate of drug-likeness (QED) is 0.415. The number of nitrogens with zero attached hydrogens (tertiary/aromatic N) is 1. The van der Waals surface area contributed by atoms with Crippen LogP contribution in [0.3, 0.4) is 0 Å². The number of likely N-dealkylation sites (N-methyl/N-ethyl adjacent to an activating group) is 1. The van der Waals surface area contributed by atoms with E-state index in [1.165, 1.54) is 23.1 Å². The van der Waals surface area contributed by atoms with Crippen molar-refractivity contribution in [2.24, 2.45) is 0 Å².